The lowest BCUT2D eigenvalue weighted by atomic mass is 9.98. The summed E-state index contributed by atoms with van der Waals surface area (Å²) in [7, 11) is 0. The van der Waals surface area contributed by atoms with Gasteiger partial charge in [0.15, 0.2) is 0 Å². The monoisotopic (exact) mass is 354 g/mol. The van der Waals surface area contributed by atoms with Gasteiger partial charge in [-0.15, -0.1) is 0 Å². The van der Waals surface area contributed by atoms with Crippen LogP contribution in [0.3, 0.4) is 0 Å². The van der Waals surface area contributed by atoms with Crippen molar-refractivity contribution < 1.29 is 8.78 Å². The standard InChI is InChI=1S/C16H17BrF2N2/c1-3-20-15(11-6-7-21-10(2)8-11)9-12-14(18)5-4-13(17)16(12)19/h4-8,15,20H,3,9H2,1-2H3. The lowest BCUT2D eigenvalue weighted by Crippen LogP contribution is -2.24. The molecule has 0 bridgehead atoms. The molecule has 112 valence electrons. The maximum absolute atomic E-state index is 14.1. The summed E-state index contributed by atoms with van der Waals surface area (Å²) in [5, 5.41) is 3.27. The van der Waals surface area contributed by atoms with Gasteiger partial charge in [0.1, 0.15) is 11.6 Å². The van der Waals surface area contributed by atoms with Crippen LogP contribution >= 0.6 is 15.9 Å². The summed E-state index contributed by atoms with van der Waals surface area (Å²) >= 11 is 3.10. The van der Waals surface area contributed by atoms with Crippen molar-refractivity contribution in [3.63, 3.8) is 0 Å². The fourth-order valence-electron chi connectivity index (χ4n) is 2.30. The Hall–Kier alpha value is -1.33. The van der Waals surface area contributed by atoms with Crippen LogP contribution in [0, 0.1) is 18.6 Å². The summed E-state index contributed by atoms with van der Waals surface area (Å²) in [6.07, 6.45) is 1.96. The first-order chi connectivity index (χ1) is 10.0. The third-order valence-electron chi connectivity index (χ3n) is 3.32. The van der Waals surface area contributed by atoms with Crippen molar-refractivity contribution in [1.29, 1.82) is 0 Å². The van der Waals surface area contributed by atoms with Gasteiger partial charge in [0.25, 0.3) is 0 Å². The molecule has 0 aliphatic rings. The van der Waals surface area contributed by atoms with Gasteiger partial charge in [-0.1, -0.05) is 6.92 Å². The molecule has 1 unspecified atom stereocenters. The predicted molar refractivity (Wildman–Crippen MR) is 83.2 cm³/mol. The Labute approximate surface area is 131 Å². The largest absolute Gasteiger partial charge is 0.310 e. The van der Waals surface area contributed by atoms with E-state index < -0.39 is 11.6 Å². The van der Waals surface area contributed by atoms with Gasteiger partial charge in [0, 0.05) is 23.5 Å². The molecule has 2 nitrogen and oxygen atoms in total. The van der Waals surface area contributed by atoms with Gasteiger partial charge in [0.2, 0.25) is 0 Å². The zero-order valence-corrected chi connectivity index (χ0v) is 13.5. The predicted octanol–water partition coefficient (Wildman–Crippen LogP) is 4.32. The number of aryl methyl sites for hydroxylation is 1. The van der Waals surface area contributed by atoms with E-state index in [1.807, 2.05) is 26.0 Å². The molecule has 0 aliphatic carbocycles. The molecule has 0 spiro atoms. The molecule has 0 amide bonds. The van der Waals surface area contributed by atoms with Crippen molar-refractivity contribution >= 4 is 15.9 Å². The first kappa shape index (κ1) is 16.0. The maximum Gasteiger partial charge on any atom is 0.143 e. The number of nitrogens with zero attached hydrogens (tertiary/aromatic N) is 1. The van der Waals surface area contributed by atoms with Crippen molar-refractivity contribution in [2.24, 2.45) is 0 Å². The first-order valence-corrected chi connectivity index (χ1v) is 7.60. The summed E-state index contributed by atoms with van der Waals surface area (Å²) in [4.78, 5) is 4.16. The lowest BCUT2D eigenvalue weighted by molar-refractivity contribution is 0.497. The second kappa shape index (κ2) is 7.09. The molecule has 1 N–H and O–H groups in total. The minimum absolute atomic E-state index is 0.0878. The minimum atomic E-state index is -0.538. The topological polar surface area (TPSA) is 24.9 Å². The highest BCUT2D eigenvalue weighted by atomic mass is 79.9. The van der Waals surface area contributed by atoms with Crippen LogP contribution in [0.5, 0.6) is 0 Å². The molecule has 0 saturated heterocycles. The number of hydrogen-bond acceptors (Lipinski definition) is 2. The Morgan fingerprint density at radius 2 is 2.05 bits per heavy atom. The molecule has 0 fully saturated rings. The average Bonchev–Trinajstić information content (AvgIpc) is 2.46. The van der Waals surface area contributed by atoms with Crippen molar-refractivity contribution in [2.75, 3.05) is 6.54 Å². The highest BCUT2D eigenvalue weighted by molar-refractivity contribution is 9.10. The highest BCUT2D eigenvalue weighted by Crippen LogP contribution is 2.26. The Morgan fingerprint density at radius 1 is 1.29 bits per heavy atom. The van der Waals surface area contributed by atoms with E-state index in [-0.39, 0.29) is 22.5 Å². The molecular formula is C16H17BrF2N2. The second-order valence-electron chi connectivity index (χ2n) is 4.87. The Kier molecular flexibility index (Phi) is 5.42. The number of benzene rings is 1. The van der Waals surface area contributed by atoms with Crippen LogP contribution in [0.2, 0.25) is 0 Å². The van der Waals surface area contributed by atoms with E-state index in [4.69, 9.17) is 0 Å². The van der Waals surface area contributed by atoms with Crippen molar-refractivity contribution in [1.82, 2.24) is 10.3 Å². The van der Waals surface area contributed by atoms with Crippen LogP contribution in [-0.2, 0) is 6.42 Å². The second-order valence-corrected chi connectivity index (χ2v) is 5.72. The van der Waals surface area contributed by atoms with E-state index in [1.54, 1.807) is 6.20 Å². The molecular weight excluding hydrogens is 338 g/mol. The van der Waals surface area contributed by atoms with E-state index in [1.165, 1.54) is 12.1 Å². The smallest absolute Gasteiger partial charge is 0.143 e. The van der Waals surface area contributed by atoms with Gasteiger partial charge in [-0.3, -0.25) is 4.98 Å². The van der Waals surface area contributed by atoms with Crippen molar-refractivity contribution in [3.05, 3.63) is 63.4 Å². The number of hydrogen-bond donors (Lipinski definition) is 1. The van der Waals surface area contributed by atoms with Gasteiger partial charge in [-0.2, -0.15) is 0 Å². The maximum atomic E-state index is 14.1. The Morgan fingerprint density at radius 3 is 2.71 bits per heavy atom. The number of aromatic nitrogens is 1. The molecule has 0 radical (unpaired) electrons. The van der Waals surface area contributed by atoms with Crippen molar-refractivity contribution in [2.45, 2.75) is 26.3 Å². The first-order valence-electron chi connectivity index (χ1n) is 6.81. The molecule has 21 heavy (non-hydrogen) atoms. The average molecular weight is 355 g/mol. The Bertz CT molecular complexity index is 632. The zero-order chi connectivity index (χ0) is 15.4. The van der Waals surface area contributed by atoms with E-state index in [0.717, 1.165) is 11.3 Å². The lowest BCUT2D eigenvalue weighted by Gasteiger charge is -2.19. The molecule has 0 aliphatic heterocycles. The summed E-state index contributed by atoms with van der Waals surface area (Å²) in [6, 6.07) is 6.31. The van der Waals surface area contributed by atoms with Crippen LogP contribution in [0.1, 0.15) is 29.8 Å². The molecule has 1 aromatic carbocycles. The SMILES string of the molecule is CCNC(Cc1c(F)ccc(Br)c1F)c1ccnc(C)c1. The fourth-order valence-corrected chi connectivity index (χ4v) is 2.67. The van der Waals surface area contributed by atoms with Gasteiger partial charge in [0.05, 0.1) is 4.47 Å². The van der Waals surface area contributed by atoms with E-state index in [2.05, 4.69) is 26.2 Å². The zero-order valence-electron chi connectivity index (χ0n) is 12.0. The molecule has 0 saturated carbocycles. The van der Waals surface area contributed by atoms with Crippen LogP contribution in [-0.4, -0.2) is 11.5 Å². The molecule has 2 aromatic rings. The Balaban J connectivity index is 2.35. The molecule has 1 aromatic heterocycles. The van der Waals surface area contributed by atoms with E-state index in [9.17, 15) is 8.78 Å². The number of pyridine rings is 1. The number of likely N-dealkylation sites (N-methyl/N-ethyl adjacent to an activating group) is 1. The van der Waals surface area contributed by atoms with E-state index >= 15 is 0 Å². The number of rotatable bonds is 5. The van der Waals surface area contributed by atoms with Gasteiger partial charge in [-0.05, 0) is 65.6 Å². The van der Waals surface area contributed by atoms with Crippen LogP contribution in [0.15, 0.2) is 34.9 Å². The summed E-state index contributed by atoms with van der Waals surface area (Å²) < 4.78 is 28.3. The quantitative estimate of drug-likeness (QED) is 0.808. The number of halogens is 3. The van der Waals surface area contributed by atoms with Gasteiger partial charge >= 0.3 is 0 Å². The van der Waals surface area contributed by atoms with Crippen LogP contribution in [0.4, 0.5) is 8.78 Å². The fraction of sp³-hybridized carbons (Fsp3) is 0.312. The third-order valence-corrected chi connectivity index (χ3v) is 3.93. The van der Waals surface area contributed by atoms with Gasteiger partial charge < -0.3 is 5.32 Å². The van der Waals surface area contributed by atoms with Crippen LogP contribution in [0.25, 0.3) is 0 Å². The summed E-state index contributed by atoms with van der Waals surface area (Å²) in [5.74, 6) is -1.06. The third kappa shape index (κ3) is 3.86. The van der Waals surface area contributed by atoms with Crippen molar-refractivity contribution in [3.8, 4) is 0 Å². The van der Waals surface area contributed by atoms with Crippen LogP contribution < -0.4 is 5.32 Å². The molecule has 2 rings (SSSR count). The van der Waals surface area contributed by atoms with Gasteiger partial charge in [-0.25, -0.2) is 8.78 Å². The summed E-state index contributed by atoms with van der Waals surface area (Å²) in [6.45, 7) is 4.57. The molecule has 5 heteroatoms. The minimum Gasteiger partial charge on any atom is -0.310 e. The molecule has 1 heterocycles. The number of nitrogens with one attached hydrogen (secondary N) is 1. The summed E-state index contributed by atoms with van der Waals surface area (Å²) in [5.41, 5.74) is 1.94. The normalized spacial score (nSPS) is 12.4. The van der Waals surface area contributed by atoms with E-state index in [0.29, 0.717) is 6.54 Å². The molecule has 1 atom stereocenters. The highest BCUT2D eigenvalue weighted by Gasteiger charge is 2.19.